The lowest BCUT2D eigenvalue weighted by Crippen LogP contribution is -2.47. The molecular formula is C26H25N3O4S. The van der Waals surface area contributed by atoms with Gasteiger partial charge < -0.3 is 15.0 Å². The molecule has 3 aromatic rings. The van der Waals surface area contributed by atoms with Crippen LogP contribution in [0, 0.1) is 0 Å². The van der Waals surface area contributed by atoms with Gasteiger partial charge in [-0.25, -0.2) is 0 Å². The predicted molar refractivity (Wildman–Crippen MR) is 130 cm³/mol. The van der Waals surface area contributed by atoms with E-state index in [1.807, 2.05) is 66.7 Å². The van der Waals surface area contributed by atoms with Crippen LogP contribution in [-0.2, 0) is 27.5 Å². The van der Waals surface area contributed by atoms with Crippen molar-refractivity contribution in [2.75, 3.05) is 0 Å². The lowest BCUT2D eigenvalue weighted by molar-refractivity contribution is -0.135. The van der Waals surface area contributed by atoms with E-state index in [1.165, 1.54) is 6.92 Å². The number of hydrogen-bond donors (Lipinski definition) is 1. The van der Waals surface area contributed by atoms with Crippen molar-refractivity contribution in [3.05, 3.63) is 90.3 Å². The number of ether oxygens (including phenoxy) is 1. The van der Waals surface area contributed by atoms with Crippen LogP contribution in [0.4, 0.5) is 0 Å². The maximum Gasteiger partial charge on any atom is 0.244 e. The first-order valence-corrected chi connectivity index (χ1v) is 11.8. The van der Waals surface area contributed by atoms with E-state index in [1.54, 1.807) is 17.3 Å². The van der Waals surface area contributed by atoms with Crippen molar-refractivity contribution in [2.45, 2.75) is 37.7 Å². The van der Waals surface area contributed by atoms with Crippen molar-refractivity contribution < 1.29 is 19.1 Å². The second-order valence-electron chi connectivity index (χ2n) is 7.95. The lowest BCUT2D eigenvalue weighted by atomic mass is 10.1. The molecule has 1 N–H and O–H groups in total. The quantitative estimate of drug-likeness (QED) is 0.531. The summed E-state index contributed by atoms with van der Waals surface area (Å²) in [6, 6.07) is 19.8. The van der Waals surface area contributed by atoms with Crippen molar-refractivity contribution in [3.8, 4) is 11.5 Å². The average Bonchev–Trinajstić information content (AvgIpc) is 3.13. The fourth-order valence-electron chi connectivity index (χ4n) is 3.85. The number of pyridine rings is 1. The van der Waals surface area contributed by atoms with Crippen LogP contribution >= 0.6 is 11.8 Å². The summed E-state index contributed by atoms with van der Waals surface area (Å²) < 4.78 is 5.83. The first-order valence-electron chi connectivity index (χ1n) is 10.9. The maximum absolute atomic E-state index is 13.1. The molecular weight excluding hydrogens is 450 g/mol. The van der Waals surface area contributed by atoms with Gasteiger partial charge in [0.2, 0.25) is 11.8 Å². The summed E-state index contributed by atoms with van der Waals surface area (Å²) in [7, 11) is 0. The number of benzene rings is 2. The van der Waals surface area contributed by atoms with Gasteiger partial charge in [-0.2, -0.15) is 0 Å². The summed E-state index contributed by atoms with van der Waals surface area (Å²) in [5.74, 6) is 0.997. The molecule has 2 aromatic carbocycles. The fraction of sp³-hybridized carbons (Fsp3) is 0.231. The summed E-state index contributed by atoms with van der Waals surface area (Å²) in [6.07, 6.45) is 3.46. The minimum Gasteiger partial charge on any atom is -0.457 e. The second kappa shape index (κ2) is 11.0. The highest BCUT2D eigenvalue weighted by Crippen LogP contribution is 2.32. The molecule has 8 heteroatoms. The normalized spacial score (nSPS) is 17.4. The molecule has 1 fully saturated rings. The number of amides is 2. The van der Waals surface area contributed by atoms with Gasteiger partial charge in [0.25, 0.3) is 0 Å². The Morgan fingerprint density at radius 3 is 2.35 bits per heavy atom. The van der Waals surface area contributed by atoms with E-state index in [9.17, 15) is 14.4 Å². The molecule has 0 radical (unpaired) electrons. The Kier molecular flexibility index (Phi) is 7.59. The van der Waals surface area contributed by atoms with Gasteiger partial charge in [0, 0.05) is 38.8 Å². The average molecular weight is 476 g/mol. The van der Waals surface area contributed by atoms with Gasteiger partial charge in [0.1, 0.15) is 17.5 Å². The molecule has 1 saturated heterocycles. The van der Waals surface area contributed by atoms with Crippen LogP contribution in [0.1, 0.15) is 24.5 Å². The van der Waals surface area contributed by atoms with Crippen molar-refractivity contribution in [2.24, 2.45) is 0 Å². The molecule has 174 valence electrons. The minimum absolute atomic E-state index is 0.117. The Balaban J connectivity index is 1.46. The number of thioether (sulfide) groups is 1. The summed E-state index contributed by atoms with van der Waals surface area (Å²) in [5, 5.41) is 2.37. The summed E-state index contributed by atoms with van der Waals surface area (Å²) in [4.78, 5) is 43.3. The number of carbonyl (C=O) groups is 3. The molecule has 0 spiro atoms. The van der Waals surface area contributed by atoms with E-state index in [4.69, 9.17) is 4.74 Å². The summed E-state index contributed by atoms with van der Waals surface area (Å²) in [5.41, 5.74) is 1.78. The molecule has 1 aliphatic heterocycles. The molecule has 7 nitrogen and oxygen atoms in total. The van der Waals surface area contributed by atoms with Crippen molar-refractivity contribution in [1.29, 1.82) is 0 Å². The Morgan fingerprint density at radius 2 is 1.68 bits per heavy atom. The highest BCUT2D eigenvalue weighted by atomic mass is 32.2. The number of aromatic nitrogens is 1. The first-order chi connectivity index (χ1) is 16.5. The first kappa shape index (κ1) is 23.5. The lowest BCUT2D eigenvalue weighted by Gasteiger charge is -2.27. The Morgan fingerprint density at radius 1 is 1.00 bits per heavy atom. The van der Waals surface area contributed by atoms with Crippen LogP contribution in [0.25, 0.3) is 0 Å². The monoisotopic (exact) mass is 475 g/mol. The minimum atomic E-state index is -0.733. The fourth-order valence-corrected chi connectivity index (χ4v) is 4.90. The van der Waals surface area contributed by atoms with E-state index in [0.29, 0.717) is 12.3 Å². The summed E-state index contributed by atoms with van der Waals surface area (Å²) in [6.45, 7) is 2.05. The van der Waals surface area contributed by atoms with Crippen molar-refractivity contribution in [3.63, 3.8) is 0 Å². The molecule has 2 heterocycles. The van der Waals surface area contributed by atoms with Crippen LogP contribution in [0.5, 0.6) is 11.5 Å². The number of nitrogens with one attached hydrogen (secondary N) is 1. The van der Waals surface area contributed by atoms with Crippen LogP contribution in [-0.4, -0.2) is 38.1 Å². The molecule has 2 amide bonds. The van der Waals surface area contributed by atoms with Gasteiger partial charge in [-0.15, -0.1) is 0 Å². The van der Waals surface area contributed by atoms with Crippen molar-refractivity contribution >= 4 is 28.7 Å². The van der Waals surface area contributed by atoms with Gasteiger partial charge in [0.05, 0.1) is 5.25 Å². The molecule has 1 aromatic heterocycles. The number of carbonyl (C=O) groups excluding carboxylic acids is 3. The maximum atomic E-state index is 13.1. The van der Waals surface area contributed by atoms with E-state index in [2.05, 4.69) is 10.3 Å². The highest BCUT2D eigenvalue weighted by molar-refractivity contribution is 8.14. The summed E-state index contributed by atoms with van der Waals surface area (Å²) >= 11 is 1.05. The number of para-hydroxylation sites is 1. The number of hydrogen-bond acceptors (Lipinski definition) is 6. The molecule has 34 heavy (non-hydrogen) atoms. The zero-order valence-corrected chi connectivity index (χ0v) is 19.5. The molecule has 0 aliphatic carbocycles. The number of nitrogens with zero attached hydrogens (tertiary/aromatic N) is 2. The topological polar surface area (TPSA) is 88.6 Å². The Bertz CT molecular complexity index is 1140. The third-order valence-corrected chi connectivity index (χ3v) is 6.50. The van der Waals surface area contributed by atoms with E-state index < -0.39 is 11.3 Å². The molecule has 4 rings (SSSR count). The molecule has 0 saturated carbocycles. The highest BCUT2D eigenvalue weighted by Gasteiger charge is 2.45. The second-order valence-corrected chi connectivity index (χ2v) is 9.37. The predicted octanol–water partition coefficient (Wildman–Crippen LogP) is 3.94. The number of rotatable bonds is 8. The van der Waals surface area contributed by atoms with Crippen LogP contribution in [0.3, 0.4) is 0 Å². The Hall–Kier alpha value is -3.65. The van der Waals surface area contributed by atoms with E-state index in [-0.39, 0.29) is 29.9 Å². The molecule has 0 bridgehead atoms. The van der Waals surface area contributed by atoms with Crippen LogP contribution in [0.2, 0.25) is 0 Å². The van der Waals surface area contributed by atoms with Gasteiger partial charge in [-0.3, -0.25) is 19.4 Å². The van der Waals surface area contributed by atoms with Crippen molar-refractivity contribution in [1.82, 2.24) is 15.2 Å². The zero-order valence-electron chi connectivity index (χ0n) is 18.7. The van der Waals surface area contributed by atoms with Crippen LogP contribution in [0.15, 0.2) is 79.1 Å². The largest absolute Gasteiger partial charge is 0.457 e. The van der Waals surface area contributed by atoms with Gasteiger partial charge in [-0.1, -0.05) is 42.1 Å². The number of likely N-dealkylation sites (tertiary alicyclic amines) is 1. The van der Waals surface area contributed by atoms with E-state index >= 15 is 0 Å². The van der Waals surface area contributed by atoms with Gasteiger partial charge >= 0.3 is 0 Å². The Labute approximate surface area is 202 Å². The van der Waals surface area contributed by atoms with E-state index in [0.717, 1.165) is 28.6 Å². The standard InChI is InChI=1S/C26H25N3O4S/c1-18(30)34-23-15-24(31)29(25(23)26(32)28-16-19-11-13-27-14-12-19)17-20-7-9-22(10-8-20)33-21-5-3-2-4-6-21/h2-14,23,25H,15-17H2,1H3,(H,28,32)/t23-,25-/m0/s1. The van der Waals surface area contributed by atoms with Crippen LogP contribution < -0.4 is 10.1 Å². The third-order valence-electron chi connectivity index (χ3n) is 5.44. The van der Waals surface area contributed by atoms with Gasteiger partial charge in [-0.05, 0) is 47.5 Å². The van der Waals surface area contributed by atoms with Gasteiger partial charge in [0.15, 0.2) is 5.12 Å². The SMILES string of the molecule is CC(=O)S[C@H]1CC(=O)N(Cc2ccc(Oc3ccccc3)cc2)[C@@H]1C(=O)NCc1ccncc1. The molecule has 2 atom stereocenters. The molecule has 1 aliphatic rings. The zero-order chi connectivity index (χ0) is 23.9. The third kappa shape index (κ3) is 6.02. The molecule has 0 unspecified atom stereocenters. The smallest absolute Gasteiger partial charge is 0.244 e.